The standard InChI is InChI=1S/C26H42O5/c1-17(2)21(13-19(5)24-16-22(18(3)4)26(27)31-24)14-20-9-10-23(29-7)25(15-20)30-12-8-11-28-6/h9-10,15,17-19,21-22,24H,8,11-14,16H2,1-7H3/t19-,21+,22-,24-/m0/s1. The van der Waals surface area contributed by atoms with Crippen molar-refractivity contribution in [2.45, 2.75) is 66.4 Å². The molecule has 1 aromatic rings. The molecule has 1 fully saturated rings. The van der Waals surface area contributed by atoms with Gasteiger partial charge in [0.15, 0.2) is 11.5 Å². The molecule has 0 N–H and O–H groups in total. The van der Waals surface area contributed by atoms with Crippen molar-refractivity contribution < 1.29 is 23.7 Å². The van der Waals surface area contributed by atoms with Crippen LogP contribution in [0, 0.1) is 29.6 Å². The highest BCUT2D eigenvalue weighted by Gasteiger charge is 2.39. The topological polar surface area (TPSA) is 54.0 Å². The maximum atomic E-state index is 12.2. The first-order valence-corrected chi connectivity index (χ1v) is 11.8. The number of ether oxygens (including phenoxy) is 4. The van der Waals surface area contributed by atoms with Crippen molar-refractivity contribution in [1.82, 2.24) is 0 Å². The number of esters is 1. The molecule has 0 aromatic heterocycles. The van der Waals surface area contributed by atoms with Gasteiger partial charge in [-0.15, -0.1) is 0 Å². The zero-order chi connectivity index (χ0) is 23.0. The Kier molecular flexibility index (Phi) is 10.1. The summed E-state index contributed by atoms with van der Waals surface area (Å²) in [5.74, 6) is 3.30. The van der Waals surface area contributed by atoms with E-state index in [0.29, 0.717) is 36.9 Å². The molecule has 0 unspecified atom stereocenters. The second-order valence-electron chi connectivity index (χ2n) is 9.66. The molecule has 1 saturated heterocycles. The maximum Gasteiger partial charge on any atom is 0.309 e. The molecule has 0 amide bonds. The van der Waals surface area contributed by atoms with E-state index < -0.39 is 0 Å². The molecule has 0 radical (unpaired) electrons. The molecular weight excluding hydrogens is 392 g/mol. The highest BCUT2D eigenvalue weighted by molar-refractivity contribution is 5.74. The van der Waals surface area contributed by atoms with Gasteiger partial charge in [-0.05, 0) is 60.6 Å². The Morgan fingerprint density at radius 3 is 2.39 bits per heavy atom. The van der Waals surface area contributed by atoms with E-state index in [4.69, 9.17) is 18.9 Å². The zero-order valence-electron chi connectivity index (χ0n) is 20.5. The molecule has 1 aliphatic rings. The summed E-state index contributed by atoms with van der Waals surface area (Å²) in [4.78, 5) is 12.2. The van der Waals surface area contributed by atoms with Crippen LogP contribution in [0.1, 0.15) is 59.4 Å². The Bertz CT molecular complexity index is 684. The van der Waals surface area contributed by atoms with E-state index in [9.17, 15) is 4.79 Å². The summed E-state index contributed by atoms with van der Waals surface area (Å²) >= 11 is 0. The van der Waals surface area contributed by atoms with Crippen LogP contribution in [-0.4, -0.2) is 39.5 Å². The van der Waals surface area contributed by atoms with Crippen LogP contribution in [0.3, 0.4) is 0 Å². The normalized spacial score (nSPS) is 20.7. The van der Waals surface area contributed by atoms with E-state index in [-0.39, 0.29) is 18.0 Å². The van der Waals surface area contributed by atoms with E-state index in [1.807, 2.05) is 6.07 Å². The molecule has 4 atom stereocenters. The number of hydrogen-bond acceptors (Lipinski definition) is 5. The van der Waals surface area contributed by atoms with Gasteiger partial charge in [0.2, 0.25) is 0 Å². The monoisotopic (exact) mass is 434 g/mol. The number of rotatable bonds is 13. The molecule has 5 heteroatoms. The van der Waals surface area contributed by atoms with E-state index in [2.05, 4.69) is 46.8 Å². The molecule has 0 saturated carbocycles. The highest BCUT2D eigenvalue weighted by atomic mass is 16.6. The predicted molar refractivity (Wildman–Crippen MR) is 124 cm³/mol. The molecule has 5 nitrogen and oxygen atoms in total. The van der Waals surface area contributed by atoms with Crippen molar-refractivity contribution in [2.24, 2.45) is 29.6 Å². The number of carbonyl (C=O) groups excluding carboxylic acids is 1. The van der Waals surface area contributed by atoms with Crippen LogP contribution in [-0.2, 0) is 20.7 Å². The number of hydrogen-bond donors (Lipinski definition) is 0. The summed E-state index contributed by atoms with van der Waals surface area (Å²) in [6.07, 6.45) is 3.74. The Labute approximate surface area is 188 Å². The van der Waals surface area contributed by atoms with E-state index in [0.717, 1.165) is 37.2 Å². The number of carbonyl (C=O) groups is 1. The summed E-state index contributed by atoms with van der Waals surface area (Å²) in [7, 11) is 3.37. The first-order valence-electron chi connectivity index (χ1n) is 11.8. The fourth-order valence-electron chi connectivity index (χ4n) is 4.39. The summed E-state index contributed by atoms with van der Waals surface area (Å²) in [6, 6.07) is 6.23. The van der Waals surface area contributed by atoms with Gasteiger partial charge in [-0.1, -0.05) is 40.7 Å². The van der Waals surface area contributed by atoms with Gasteiger partial charge in [0.05, 0.1) is 19.6 Å². The Morgan fingerprint density at radius 2 is 1.81 bits per heavy atom. The van der Waals surface area contributed by atoms with Crippen LogP contribution < -0.4 is 9.47 Å². The second kappa shape index (κ2) is 12.3. The van der Waals surface area contributed by atoms with Gasteiger partial charge >= 0.3 is 5.97 Å². The lowest BCUT2D eigenvalue weighted by molar-refractivity contribution is -0.146. The molecular formula is C26H42O5. The van der Waals surface area contributed by atoms with Crippen LogP contribution in [0.15, 0.2) is 18.2 Å². The van der Waals surface area contributed by atoms with Crippen molar-refractivity contribution in [3.63, 3.8) is 0 Å². The van der Waals surface area contributed by atoms with Crippen LogP contribution in [0.5, 0.6) is 11.5 Å². The van der Waals surface area contributed by atoms with Crippen LogP contribution >= 0.6 is 0 Å². The smallest absolute Gasteiger partial charge is 0.309 e. The highest BCUT2D eigenvalue weighted by Crippen LogP contribution is 2.36. The minimum Gasteiger partial charge on any atom is -0.493 e. The average Bonchev–Trinajstić information content (AvgIpc) is 3.13. The Balaban J connectivity index is 2.03. The fourth-order valence-corrected chi connectivity index (χ4v) is 4.39. The van der Waals surface area contributed by atoms with Crippen LogP contribution in [0.2, 0.25) is 0 Å². The number of cyclic esters (lactones) is 1. The van der Waals surface area contributed by atoms with Gasteiger partial charge in [0.25, 0.3) is 0 Å². The van der Waals surface area contributed by atoms with E-state index in [1.165, 1.54) is 5.56 Å². The molecule has 0 spiro atoms. The fraction of sp³-hybridized carbons (Fsp3) is 0.731. The summed E-state index contributed by atoms with van der Waals surface area (Å²) in [6.45, 7) is 12.3. The van der Waals surface area contributed by atoms with Crippen molar-refractivity contribution in [3.8, 4) is 11.5 Å². The first kappa shape index (κ1) is 25.5. The second-order valence-corrected chi connectivity index (χ2v) is 9.66. The minimum atomic E-state index is -0.0154. The number of benzene rings is 1. The molecule has 0 bridgehead atoms. The molecule has 31 heavy (non-hydrogen) atoms. The van der Waals surface area contributed by atoms with Crippen LogP contribution in [0.25, 0.3) is 0 Å². The van der Waals surface area contributed by atoms with Gasteiger partial charge in [-0.2, -0.15) is 0 Å². The van der Waals surface area contributed by atoms with Gasteiger partial charge in [-0.25, -0.2) is 0 Å². The predicted octanol–water partition coefficient (Wildman–Crippen LogP) is 5.54. The third kappa shape index (κ3) is 7.41. The third-order valence-corrected chi connectivity index (χ3v) is 6.59. The quantitative estimate of drug-likeness (QED) is 0.301. The van der Waals surface area contributed by atoms with E-state index >= 15 is 0 Å². The summed E-state index contributed by atoms with van der Waals surface area (Å²) in [5.41, 5.74) is 1.25. The van der Waals surface area contributed by atoms with Crippen molar-refractivity contribution in [2.75, 3.05) is 27.4 Å². The molecule has 0 aliphatic carbocycles. The van der Waals surface area contributed by atoms with Gasteiger partial charge in [0.1, 0.15) is 6.10 Å². The molecule has 1 aromatic carbocycles. The van der Waals surface area contributed by atoms with Crippen molar-refractivity contribution in [3.05, 3.63) is 23.8 Å². The van der Waals surface area contributed by atoms with Crippen molar-refractivity contribution >= 4 is 5.97 Å². The molecule has 1 aliphatic heterocycles. The zero-order valence-corrected chi connectivity index (χ0v) is 20.5. The molecule has 176 valence electrons. The third-order valence-electron chi connectivity index (χ3n) is 6.59. The maximum absolute atomic E-state index is 12.2. The lowest BCUT2D eigenvalue weighted by Crippen LogP contribution is -2.24. The lowest BCUT2D eigenvalue weighted by atomic mass is 9.79. The SMILES string of the molecule is COCCCOc1cc(C[C@@H](C[C@H](C)[C@@H]2C[C@@H](C(C)C)C(=O)O2)C(C)C)ccc1OC. The molecule has 2 rings (SSSR count). The lowest BCUT2D eigenvalue weighted by Gasteiger charge is -2.27. The van der Waals surface area contributed by atoms with E-state index in [1.54, 1.807) is 14.2 Å². The minimum absolute atomic E-state index is 0.0154. The Morgan fingerprint density at radius 1 is 1.06 bits per heavy atom. The molecule has 1 heterocycles. The largest absolute Gasteiger partial charge is 0.493 e. The Hall–Kier alpha value is -1.75. The van der Waals surface area contributed by atoms with Crippen molar-refractivity contribution in [1.29, 1.82) is 0 Å². The summed E-state index contributed by atoms with van der Waals surface area (Å²) in [5, 5.41) is 0. The average molecular weight is 435 g/mol. The van der Waals surface area contributed by atoms with Crippen LogP contribution in [0.4, 0.5) is 0 Å². The number of methoxy groups -OCH3 is 2. The van der Waals surface area contributed by atoms with Gasteiger partial charge in [-0.3, -0.25) is 4.79 Å². The van der Waals surface area contributed by atoms with Gasteiger partial charge < -0.3 is 18.9 Å². The first-order chi connectivity index (χ1) is 14.8. The van der Waals surface area contributed by atoms with Gasteiger partial charge in [0, 0.05) is 20.1 Å². The summed E-state index contributed by atoms with van der Waals surface area (Å²) < 4.78 is 22.3.